The molecule has 14 heavy (non-hydrogen) atoms. The Morgan fingerprint density at radius 3 is 2.71 bits per heavy atom. The van der Waals surface area contributed by atoms with Crippen molar-refractivity contribution in [3.63, 3.8) is 0 Å². The van der Waals surface area contributed by atoms with Crippen molar-refractivity contribution in [1.82, 2.24) is 4.98 Å². The first-order valence-corrected chi connectivity index (χ1v) is 4.26. The average Bonchev–Trinajstić information content (AvgIpc) is 2.19. The van der Waals surface area contributed by atoms with Gasteiger partial charge in [-0.25, -0.2) is 0 Å². The standard InChI is InChI=1S/C12H10N.Pt/c1-10-5-4-6-11(9-10)12-7-2-3-8-13-12;/h2-5,7-9H,1H3;/q-1;. The molecule has 2 heteroatoms. The fourth-order valence-corrected chi connectivity index (χ4v) is 1.25. The second kappa shape index (κ2) is 5.07. The Hall–Kier alpha value is -0.942. The molecule has 0 aliphatic rings. The average molecular weight is 363 g/mol. The molecule has 0 aliphatic carbocycles. The summed E-state index contributed by atoms with van der Waals surface area (Å²) in [6.45, 7) is 2.07. The zero-order valence-corrected chi connectivity index (χ0v) is 10.1. The van der Waals surface area contributed by atoms with Crippen molar-refractivity contribution in [3.05, 3.63) is 54.2 Å². The van der Waals surface area contributed by atoms with Crippen molar-refractivity contribution in [2.75, 3.05) is 0 Å². The number of aromatic nitrogens is 1. The van der Waals surface area contributed by atoms with Crippen LogP contribution in [0.1, 0.15) is 5.56 Å². The molecule has 0 bridgehead atoms. The number of pyridine rings is 1. The van der Waals surface area contributed by atoms with Crippen LogP contribution < -0.4 is 0 Å². The Labute approximate surface area is 98.5 Å². The Bertz CT molecular complexity index is 398. The number of aryl methyl sites for hydroxylation is 1. The molecule has 1 heterocycles. The topological polar surface area (TPSA) is 12.9 Å². The summed E-state index contributed by atoms with van der Waals surface area (Å²) in [4.78, 5) is 4.26. The molecule has 1 aromatic heterocycles. The van der Waals surface area contributed by atoms with Gasteiger partial charge in [-0.15, -0.1) is 35.4 Å². The van der Waals surface area contributed by atoms with Crippen molar-refractivity contribution in [1.29, 1.82) is 0 Å². The van der Waals surface area contributed by atoms with E-state index < -0.39 is 0 Å². The Morgan fingerprint density at radius 2 is 2.07 bits per heavy atom. The van der Waals surface area contributed by atoms with E-state index in [0.29, 0.717) is 0 Å². The summed E-state index contributed by atoms with van der Waals surface area (Å²) in [6, 6.07) is 15.1. The normalized spacial score (nSPS) is 9.21. The molecule has 1 nitrogen and oxygen atoms in total. The maximum atomic E-state index is 4.26. The van der Waals surface area contributed by atoms with Crippen molar-refractivity contribution in [2.24, 2.45) is 0 Å². The van der Waals surface area contributed by atoms with Gasteiger partial charge in [-0.3, -0.25) is 0 Å². The van der Waals surface area contributed by atoms with E-state index in [1.165, 1.54) is 5.56 Å². The molecule has 0 saturated heterocycles. The van der Waals surface area contributed by atoms with E-state index in [1.54, 1.807) is 6.20 Å². The third-order valence-electron chi connectivity index (χ3n) is 1.90. The number of benzene rings is 1. The summed E-state index contributed by atoms with van der Waals surface area (Å²) in [6.07, 6.45) is 1.80. The molecule has 0 saturated carbocycles. The predicted octanol–water partition coefficient (Wildman–Crippen LogP) is 2.85. The fourth-order valence-electron chi connectivity index (χ4n) is 1.25. The van der Waals surface area contributed by atoms with Crippen LogP contribution in [0.5, 0.6) is 0 Å². The van der Waals surface area contributed by atoms with Crippen LogP contribution in [0.15, 0.2) is 42.6 Å². The third-order valence-corrected chi connectivity index (χ3v) is 1.90. The molecule has 0 aliphatic heterocycles. The van der Waals surface area contributed by atoms with Crippen molar-refractivity contribution >= 4 is 0 Å². The van der Waals surface area contributed by atoms with Gasteiger partial charge in [-0.1, -0.05) is 19.1 Å². The smallest absolute Gasteiger partial charge is 0.0160 e. The quantitative estimate of drug-likeness (QED) is 0.710. The third kappa shape index (κ3) is 2.52. The molecule has 2 aromatic rings. The first-order chi connectivity index (χ1) is 6.36. The van der Waals surface area contributed by atoms with Crippen LogP contribution in [0.25, 0.3) is 11.3 Å². The van der Waals surface area contributed by atoms with Gasteiger partial charge < -0.3 is 4.98 Å². The van der Waals surface area contributed by atoms with Crippen molar-refractivity contribution < 1.29 is 21.1 Å². The number of rotatable bonds is 1. The second-order valence-electron chi connectivity index (χ2n) is 2.99. The van der Waals surface area contributed by atoms with Crippen LogP contribution >= 0.6 is 0 Å². The van der Waals surface area contributed by atoms with Crippen LogP contribution in [0.3, 0.4) is 0 Å². The van der Waals surface area contributed by atoms with Crippen LogP contribution in [-0.2, 0) is 21.1 Å². The van der Waals surface area contributed by atoms with Gasteiger partial charge >= 0.3 is 0 Å². The Morgan fingerprint density at radius 1 is 1.21 bits per heavy atom. The maximum Gasteiger partial charge on any atom is 0.0160 e. The zero-order valence-electron chi connectivity index (χ0n) is 7.80. The van der Waals surface area contributed by atoms with Gasteiger partial charge in [0.25, 0.3) is 0 Å². The minimum atomic E-state index is 0. The van der Waals surface area contributed by atoms with Crippen molar-refractivity contribution in [2.45, 2.75) is 6.92 Å². The molecule has 1 aromatic carbocycles. The number of hydrogen-bond acceptors (Lipinski definition) is 1. The van der Waals surface area contributed by atoms with Gasteiger partial charge in [-0.2, -0.15) is 0 Å². The van der Waals surface area contributed by atoms with E-state index in [4.69, 9.17) is 0 Å². The van der Waals surface area contributed by atoms with Crippen molar-refractivity contribution in [3.8, 4) is 11.3 Å². The second-order valence-corrected chi connectivity index (χ2v) is 2.99. The first kappa shape index (κ1) is 11.1. The molecular weight excluding hydrogens is 353 g/mol. The van der Waals surface area contributed by atoms with E-state index in [9.17, 15) is 0 Å². The zero-order chi connectivity index (χ0) is 9.10. The van der Waals surface area contributed by atoms with Crippen LogP contribution in [-0.4, -0.2) is 4.98 Å². The molecular formula is C12H10NPt-. The van der Waals surface area contributed by atoms with E-state index in [-0.39, 0.29) is 21.1 Å². The van der Waals surface area contributed by atoms with Gasteiger partial charge in [0.2, 0.25) is 0 Å². The van der Waals surface area contributed by atoms with E-state index in [2.05, 4.69) is 24.0 Å². The summed E-state index contributed by atoms with van der Waals surface area (Å²) in [5, 5.41) is 0. The molecule has 0 fully saturated rings. The molecule has 0 radical (unpaired) electrons. The monoisotopic (exact) mass is 363 g/mol. The predicted molar refractivity (Wildman–Crippen MR) is 53.2 cm³/mol. The number of hydrogen-bond donors (Lipinski definition) is 0. The van der Waals surface area contributed by atoms with Crippen LogP contribution in [0, 0.1) is 13.0 Å². The molecule has 0 amide bonds. The summed E-state index contributed by atoms with van der Waals surface area (Å²) in [7, 11) is 0. The maximum absolute atomic E-state index is 4.26. The van der Waals surface area contributed by atoms with Crippen LogP contribution in [0.4, 0.5) is 0 Å². The number of nitrogens with zero attached hydrogens (tertiary/aromatic N) is 1. The summed E-state index contributed by atoms with van der Waals surface area (Å²) < 4.78 is 0. The minimum absolute atomic E-state index is 0. The fraction of sp³-hybridized carbons (Fsp3) is 0.0833. The SMILES string of the molecule is Cc1cc[c-]c(-c2ccccn2)c1.[Pt]. The first-order valence-electron chi connectivity index (χ1n) is 4.26. The molecule has 2 rings (SSSR count). The summed E-state index contributed by atoms with van der Waals surface area (Å²) in [5.74, 6) is 0. The van der Waals surface area contributed by atoms with E-state index in [1.807, 2.05) is 30.3 Å². The Balaban J connectivity index is 0.000000980. The molecule has 0 atom stereocenters. The molecule has 0 spiro atoms. The Kier molecular flexibility index (Phi) is 4.03. The van der Waals surface area contributed by atoms with E-state index in [0.717, 1.165) is 11.3 Å². The molecule has 0 N–H and O–H groups in total. The summed E-state index contributed by atoms with van der Waals surface area (Å²) >= 11 is 0. The molecule has 0 unspecified atom stereocenters. The summed E-state index contributed by atoms with van der Waals surface area (Å²) in [5.41, 5.74) is 3.27. The minimum Gasteiger partial charge on any atom is -0.305 e. The van der Waals surface area contributed by atoms with Gasteiger partial charge in [0, 0.05) is 27.3 Å². The van der Waals surface area contributed by atoms with Gasteiger partial charge in [0.1, 0.15) is 0 Å². The largest absolute Gasteiger partial charge is 0.305 e. The molecule has 74 valence electrons. The van der Waals surface area contributed by atoms with E-state index >= 15 is 0 Å². The van der Waals surface area contributed by atoms with Crippen LogP contribution in [0.2, 0.25) is 0 Å². The van der Waals surface area contributed by atoms with Gasteiger partial charge in [0.05, 0.1) is 0 Å². The van der Waals surface area contributed by atoms with Gasteiger partial charge in [-0.05, 0) is 11.8 Å². The van der Waals surface area contributed by atoms with Gasteiger partial charge in [0.15, 0.2) is 0 Å².